The molecule has 0 fully saturated rings. The van der Waals surface area contributed by atoms with Crippen molar-refractivity contribution in [2.75, 3.05) is 6.54 Å². The summed E-state index contributed by atoms with van der Waals surface area (Å²) in [6.07, 6.45) is -4.51. The lowest BCUT2D eigenvalue weighted by molar-refractivity contribution is -0.139. The van der Waals surface area contributed by atoms with Crippen molar-refractivity contribution < 1.29 is 37.8 Å². The number of nitrogens with zero attached hydrogens (tertiary/aromatic N) is 1. The molecule has 2 rings (SSSR count). The Morgan fingerprint density at radius 2 is 1.85 bits per heavy atom. The minimum Gasteiger partial charge on any atom is -0.511 e. The van der Waals surface area contributed by atoms with E-state index in [-0.39, 0.29) is 13.0 Å². The number of rotatable bonds is 5. The third-order valence-corrected chi connectivity index (χ3v) is 4.05. The number of nitrogens with one attached hydrogen (secondary N) is 1. The highest BCUT2D eigenvalue weighted by atomic mass is 19.4. The molecule has 2 amide bonds. The molecule has 0 saturated heterocycles. The molecule has 1 unspecified atom stereocenters. The summed E-state index contributed by atoms with van der Waals surface area (Å²) in [6, 6.07) is 3.73. The Morgan fingerprint density at radius 3 is 2.37 bits per heavy atom. The van der Waals surface area contributed by atoms with E-state index >= 15 is 0 Å². The van der Waals surface area contributed by atoms with Gasteiger partial charge in [-0.2, -0.15) is 13.2 Å². The van der Waals surface area contributed by atoms with Gasteiger partial charge in [0.1, 0.15) is 17.9 Å². The molecule has 10 heteroatoms. The van der Waals surface area contributed by atoms with Crippen LogP contribution in [0.2, 0.25) is 0 Å². The fourth-order valence-corrected chi connectivity index (χ4v) is 2.66. The topological polar surface area (TPSA) is 107 Å². The number of carboxylic acids is 1. The number of amides is 2. The molecule has 0 aromatic heterocycles. The maximum Gasteiger partial charge on any atom is 0.416 e. The van der Waals surface area contributed by atoms with Gasteiger partial charge in [0.25, 0.3) is 11.8 Å². The minimum absolute atomic E-state index is 0.0395. The molecular formula is C17H17F3N2O5. The fourth-order valence-electron chi connectivity index (χ4n) is 2.66. The zero-order valence-corrected chi connectivity index (χ0v) is 14.2. The van der Waals surface area contributed by atoms with Crippen molar-refractivity contribution in [1.29, 1.82) is 0 Å². The molecule has 1 atom stereocenters. The number of hydrogen-bond acceptors (Lipinski definition) is 4. The quantitative estimate of drug-likeness (QED) is 0.670. The summed E-state index contributed by atoms with van der Waals surface area (Å²) in [4.78, 5) is 36.4. The Balaban J connectivity index is 2.19. The number of hydrogen-bond donors (Lipinski definition) is 3. The SMILES string of the molecule is CC1CC(O)=C(C(=O)NCC(=O)O)C(=O)N1Cc1ccc(C(F)(F)F)cc1. The molecule has 3 N–H and O–H groups in total. The molecule has 1 aliphatic rings. The predicted octanol–water partition coefficient (Wildman–Crippen LogP) is 1.84. The summed E-state index contributed by atoms with van der Waals surface area (Å²) in [5.41, 5.74) is -0.980. The molecule has 1 heterocycles. The van der Waals surface area contributed by atoms with Crippen molar-refractivity contribution in [3.63, 3.8) is 0 Å². The van der Waals surface area contributed by atoms with Crippen LogP contribution < -0.4 is 5.32 Å². The summed E-state index contributed by atoms with van der Waals surface area (Å²) in [6.45, 7) is 0.822. The number of carboxylic acid groups (broad SMARTS) is 1. The molecular weight excluding hydrogens is 369 g/mol. The summed E-state index contributed by atoms with van der Waals surface area (Å²) in [5, 5.41) is 20.6. The number of aliphatic carboxylic acids is 1. The van der Waals surface area contributed by atoms with Gasteiger partial charge in [-0.15, -0.1) is 0 Å². The van der Waals surface area contributed by atoms with Gasteiger partial charge in [0.15, 0.2) is 0 Å². The normalized spacial score (nSPS) is 17.9. The molecule has 0 bridgehead atoms. The van der Waals surface area contributed by atoms with E-state index in [1.165, 1.54) is 17.0 Å². The van der Waals surface area contributed by atoms with Gasteiger partial charge in [-0.3, -0.25) is 14.4 Å². The monoisotopic (exact) mass is 386 g/mol. The van der Waals surface area contributed by atoms with E-state index in [2.05, 4.69) is 0 Å². The fraction of sp³-hybridized carbons (Fsp3) is 0.353. The van der Waals surface area contributed by atoms with E-state index < -0.39 is 53.4 Å². The molecule has 1 aromatic carbocycles. The largest absolute Gasteiger partial charge is 0.511 e. The van der Waals surface area contributed by atoms with E-state index in [4.69, 9.17) is 5.11 Å². The van der Waals surface area contributed by atoms with E-state index in [0.29, 0.717) is 5.56 Å². The number of carbonyl (C=O) groups is 3. The van der Waals surface area contributed by atoms with Crippen molar-refractivity contribution in [2.24, 2.45) is 0 Å². The molecule has 27 heavy (non-hydrogen) atoms. The zero-order chi connectivity index (χ0) is 20.4. The van der Waals surface area contributed by atoms with Crippen LogP contribution in [0.3, 0.4) is 0 Å². The van der Waals surface area contributed by atoms with E-state index in [1.807, 2.05) is 5.32 Å². The molecule has 0 spiro atoms. The van der Waals surface area contributed by atoms with Gasteiger partial charge in [-0.05, 0) is 24.6 Å². The number of alkyl halides is 3. The molecule has 1 aliphatic heterocycles. The molecule has 1 aromatic rings. The summed E-state index contributed by atoms with van der Waals surface area (Å²) in [5.74, 6) is -3.63. The third-order valence-electron chi connectivity index (χ3n) is 4.05. The van der Waals surface area contributed by atoms with E-state index in [9.17, 15) is 32.7 Å². The average Bonchev–Trinajstić information content (AvgIpc) is 2.56. The Bertz CT molecular complexity index is 787. The van der Waals surface area contributed by atoms with Gasteiger partial charge >= 0.3 is 12.1 Å². The lowest BCUT2D eigenvalue weighted by atomic mass is 9.99. The molecule has 0 aliphatic carbocycles. The molecule has 0 radical (unpaired) electrons. The van der Waals surface area contributed by atoms with Crippen LogP contribution in [0.15, 0.2) is 35.6 Å². The number of halogens is 3. The van der Waals surface area contributed by atoms with Gasteiger partial charge in [0, 0.05) is 19.0 Å². The number of aliphatic hydroxyl groups is 1. The van der Waals surface area contributed by atoms with Gasteiger partial charge in [-0.25, -0.2) is 0 Å². The first-order chi connectivity index (χ1) is 12.5. The van der Waals surface area contributed by atoms with Crippen LogP contribution in [-0.4, -0.2) is 45.5 Å². The van der Waals surface area contributed by atoms with Crippen molar-refractivity contribution in [2.45, 2.75) is 32.1 Å². The summed E-state index contributed by atoms with van der Waals surface area (Å²) < 4.78 is 37.9. The summed E-state index contributed by atoms with van der Waals surface area (Å²) in [7, 11) is 0. The molecule has 146 valence electrons. The second-order valence-corrected chi connectivity index (χ2v) is 6.08. The first-order valence-corrected chi connectivity index (χ1v) is 7.90. The predicted molar refractivity (Wildman–Crippen MR) is 86.4 cm³/mol. The van der Waals surface area contributed by atoms with E-state index in [0.717, 1.165) is 12.1 Å². The second-order valence-electron chi connectivity index (χ2n) is 6.08. The zero-order valence-electron chi connectivity index (χ0n) is 14.2. The summed E-state index contributed by atoms with van der Waals surface area (Å²) >= 11 is 0. The van der Waals surface area contributed by atoms with Crippen molar-refractivity contribution in [1.82, 2.24) is 10.2 Å². The number of benzene rings is 1. The highest BCUT2D eigenvalue weighted by Gasteiger charge is 2.36. The smallest absolute Gasteiger partial charge is 0.416 e. The lowest BCUT2D eigenvalue weighted by Gasteiger charge is -2.34. The highest BCUT2D eigenvalue weighted by molar-refractivity contribution is 6.19. The highest BCUT2D eigenvalue weighted by Crippen LogP contribution is 2.30. The lowest BCUT2D eigenvalue weighted by Crippen LogP contribution is -2.47. The number of carbonyl (C=O) groups excluding carboxylic acids is 2. The van der Waals surface area contributed by atoms with Crippen LogP contribution in [0.5, 0.6) is 0 Å². The Kier molecular flexibility index (Phi) is 5.77. The average molecular weight is 386 g/mol. The first kappa shape index (κ1) is 20.3. The van der Waals surface area contributed by atoms with Gasteiger partial charge in [0.2, 0.25) is 0 Å². The first-order valence-electron chi connectivity index (χ1n) is 7.90. The minimum atomic E-state index is -4.48. The van der Waals surface area contributed by atoms with Crippen molar-refractivity contribution in [3.05, 3.63) is 46.7 Å². The van der Waals surface area contributed by atoms with Crippen LogP contribution in [0.1, 0.15) is 24.5 Å². The van der Waals surface area contributed by atoms with Crippen molar-refractivity contribution >= 4 is 17.8 Å². The standard InChI is InChI=1S/C17H17F3N2O5/c1-9-6-12(23)14(15(26)21-7-13(24)25)16(27)22(9)8-10-2-4-11(5-3-10)17(18,19)20/h2-5,9,23H,6-8H2,1H3,(H,21,26)(H,24,25). The van der Waals surface area contributed by atoms with Crippen LogP contribution >= 0.6 is 0 Å². The molecule has 0 saturated carbocycles. The third kappa shape index (κ3) is 4.78. The van der Waals surface area contributed by atoms with Gasteiger partial charge in [-0.1, -0.05) is 12.1 Å². The Labute approximate surface area is 152 Å². The van der Waals surface area contributed by atoms with Crippen molar-refractivity contribution in [3.8, 4) is 0 Å². The van der Waals surface area contributed by atoms with Gasteiger partial charge < -0.3 is 20.4 Å². The maximum atomic E-state index is 12.6. The van der Waals surface area contributed by atoms with Gasteiger partial charge in [0.05, 0.1) is 5.56 Å². The second kappa shape index (κ2) is 7.68. The molecule has 7 nitrogen and oxygen atoms in total. The van der Waals surface area contributed by atoms with Crippen LogP contribution in [-0.2, 0) is 27.1 Å². The maximum absolute atomic E-state index is 12.6. The van der Waals surface area contributed by atoms with Crippen LogP contribution in [0.25, 0.3) is 0 Å². The Morgan fingerprint density at radius 1 is 1.26 bits per heavy atom. The van der Waals surface area contributed by atoms with Crippen LogP contribution in [0.4, 0.5) is 13.2 Å². The van der Waals surface area contributed by atoms with Crippen LogP contribution in [0, 0.1) is 0 Å². The Hall–Kier alpha value is -3.04. The number of aliphatic hydroxyl groups excluding tert-OH is 1. The van der Waals surface area contributed by atoms with E-state index in [1.54, 1.807) is 6.92 Å².